The van der Waals surface area contributed by atoms with E-state index in [-0.39, 0.29) is 5.82 Å². The third kappa shape index (κ3) is 4.57. The molecule has 2 unspecified atom stereocenters. The number of halogens is 1. The molecule has 1 heterocycles. The van der Waals surface area contributed by atoms with Gasteiger partial charge in [0.15, 0.2) is 0 Å². The maximum absolute atomic E-state index is 13.6. The molecule has 0 saturated carbocycles. The van der Waals surface area contributed by atoms with Crippen molar-refractivity contribution >= 4 is 0 Å². The minimum atomic E-state index is -0.0685. The van der Waals surface area contributed by atoms with Crippen molar-refractivity contribution in [1.29, 1.82) is 0 Å². The van der Waals surface area contributed by atoms with Gasteiger partial charge in [-0.25, -0.2) is 4.39 Å². The first-order chi connectivity index (χ1) is 9.69. The normalized spacial score (nSPS) is 25.1. The number of rotatable bonds is 4. The average molecular weight is 278 g/mol. The van der Waals surface area contributed by atoms with Crippen LogP contribution in [0.1, 0.15) is 38.7 Å². The Morgan fingerprint density at radius 3 is 2.75 bits per heavy atom. The van der Waals surface area contributed by atoms with Crippen molar-refractivity contribution in [2.75, 3.05) is 19.6 Å². The molecule has 0 amide bonds. The molecular formula is C17H27FN2. The van der Waals surface area contributed by atoms with Gasteiger partial charge in [0.05, 0.1) is 0 Å². The Morgan fingerprint density at radius 2 is 2.00 bits per heavy atom. The first kappa shape index (κ1) is 15.5. The van der Waals surface area contributed by atoms with E-state index in [0.29, 0.717) is 12.1 Å². The fourth-order valence-electron chi connectivity index (χ4n) is 2.92. The lowest BCUT2D eigenvalue weighted by Gasteiger charge is -2.32. The second-order valence-corrected chi connectivity index (χ2v) is 5.93. The summed E-state index contributed by atoms with van der Waals surface area (Å²) in [5.41, 5.74) is 0.841. The van der Waals surface area contributed by atoms with Gasteiger partial charge >= 0.3 is 0 Å². The van der Waals surface area contributed by atoms with Crippen LogP contribution < -0.4 is 5.32 Å². The van der Waals surface area contributed by atoms with Crippen LogP contribution in [0.3, 0.4) is 0 Å². The Hall–Kier alpha value is -0.930. The molecule has 112 valence electrons. The van der Waals surface area contributed by atoms with E-state index in [9.17, 15) is 4.39 Å². The standard InChI is InChI=1S/C17H27FN2/c1-3-16-10-13-20(11-8-14(2)19-16)12-9-15-6-4-5-7-17(15)18/h4-7,14,16,19H,3,8-13H2,1-2H3. The predicted octanol–water partition coefficient (Wildman–Crippen LogP) is 3.22. The van der Waals surface area contributed by atoms with Crippen LogP contribution in [0.5, 0.6) is 0 Å². The zero-order chi connectivity index (χ0) is 14.4. The van der Waals surface area contributed by atoms with Crippen molar-refractivity contribution in [2.24, 2.45) is 0 Å². The van der Waals surface area contributed by atoms with Gasteiger partial charge in [0.25, 0.3) is 0 Å². The smallest absolute Gasteiger partial charge is 0.126 e. The van der Waals surface area contributed by atoms with E-state index in [1.807, 2.05) is 12.1 Å². The monoisotopic (exact) mass is 278 g/mol. The summed E-state index contributed by atoms with van der Waals surface area (Å²) in [6.45, 7) is 7.70. The van der Waals surface area contributed by atoms with E-state index in [4.69, 9.17) is 0 Å². The minimum absolute atomic E-state index is 0.0685. The van der Waals surface area contributed by atoms with Gasteiger partial charge in [-0.15, -0.1) is 0 Å². The lowest BCUT2D eigenvalue weighted by Crippen LogP contribution is -2.44. The summed E-state index contributed by atoms with van der Waals surface area (Å²) in [5, 5.41) is 3.69. The van der Waals surface area contributed by atoms with Gasteiger partial charge in [-0.05, 0) is 57.3 Å². The van der Waals surface area contributed by atoms with Crippen molar-refractivity contribution in [3.63, 3.8) is 0 Å². The Morgan fingerprint density at radius 1 is 1.25 bits per heavy atom. The molecule has 1 aromatic carbocycles. The molecule has 2 atom stereocenters. The van der Waals surface area contributed by atoms with Crippen molar-refractivity contribution in [3.8, 4) is 0 Å². The molecule has 0 aromatic heterocycles. The topological polar surface area (TPSA) is 15.3 Å². The summed E-state index contributed by atoms with van der Waals surface area (Å²) >= 11 is 0. The van der Waals surface area contributed by atoms with Crippen LogP contribution >= 0.6 is 0 Å². The Balaban J connectivity index is 1.87. The van der Waals surface area contributed by atoms with Crippen molar-refractivity contribution < 1.29 is 4.39 Å². The average Bonchev–Trinajstić information content (AvgIpc) is 2.44. The molecule has 0 radical (unpaired) electrons. The Kier molecular flexibility index (Phi) is 5.99. The van der Waals surface area contributed by atoms with Crippen LogP contribution in [0, 0.1) is 5.82 Å². The van der Waals surface area contributed by atoms with E-state index in [1.165, 1.54) is 19.3 Å². The Labute approximate surface area is 122 Å². The first-order valence-corrected chi connectivity index (χ1v) is 7.91. The molecular weight excluding hydrogens is 251 g/mol. The van der Waals surface area contributed by atoms with Gasteiger partial charge < -0.3 is 10.2 Å². The van der Waals surface area contributed by atoms with Gasteiger partial charge in [-0.2, -0.15) is 0 Å². The number of hydrogen-bond acceptors (Lipinski definition) is 2. The summed E-state index contributed by atoms with van der Waals surface area (Å²) in [5.74, 6) is -0.0685. The highest BCUT2D eigenvalue weighted by Crippen LogP contribution is 2.12. The molecule has 2 rings (SSSR count). The van der Waals surface area contributed by atoms with Gasteiger partial charge in [-0.1, -0.05) is 25.1 Å². The highest BCUT2D eigenvalue weighted by Gasteiger charge is 2.17. The molecule has 1 saturated heterocycles. The molecule has 0 spiro atoms. The lowest BCUT2D eigenvalue weighted by molar-refractivity contribution is 0.214. The van der Waals surface area contributed by atoms with Crippen molar-refractivity contribution in [2.45, 2.75) is 51.6 Å². The summed E-state index contributed by atoms with van der Waals surface area (Å²) in [6, 6.07) is 8.34. The number of nitrogens with zero attached hydrogens (tertiary/aromatic N) is 1. The number of hydrogen-bond donors (Lipinski definition) is 1. The first-order valence-electron chi connectivity index (χ1n) is 7.91. The molecule has 0 aliphatic carbocycles. The predicted molar refractivity (Wildman–Crippen MR) is 82.5 cm³/mol. The largest absolute Gasteiger partial charge is 0.311 e. The lowest BCUT2D eigenvalue weighted by atomic mass is 10.0. The van der Waals surface area contributed by atoms with Crippen LogP contribution in [0.25, 0.3) is 0 Å². The minimum Gasteiger partial charge on any atom is -0.311 e. The SMILES string of the molecule is CCC1CCN(CCc2ccccc2F)CCC(C)N1. The van der Waals surface area contributed by atoms with Crippen LogP contribution in [0.15, 0.2) is 24.3 Å². The third-order valence-corrected chi connectivity index (χ3v) is 4.34. The molecule has 1 aliphatic rings. The molecule has 1 aromatic rings. The fourth-order valence-corrected chi connectivity index (χ4v) is 2.92. The third-order valence-electron chi connectivity index (χ3n) is 4.34. The van der Waals surface area contributed by atoms with Crippen LogP contribution in [-0.2, 0) is 6.42 Å². The van der Waals surface area contributed by atoms with Gasteiger partial charge in [0.1, 0.15) is 5.82 Å². The van der Waals surface area contributed by atoms with Gasteiger partial charge in [-0.3, -0.25) is 0 Å². The van der Waals surface area contributed by atoms with E-state index < -0.39 is 0 Å². The van der Waals surface area contributed by atoms with E-state index in [0.717, 1.165) is 31.6 Å². The molecule has 1 N–H and O–H groups in total. The zero-order valence-electron chi connectivity index (χ0n) is 12.7. The number of nitrogens with one attached hydrogen (secondary N) is 1. The molecule has 1 aliphatic heterocycles. The maximum Gasteiger partial charge on any atom is 0.126 e. The summed E-state index contributed by atoms with van der Waals surface area (Å²) in [4.78, 5) is 2.49. The highest BCUT2D eigenvalue weighted by atomic mass is 19.1. The summed E-state index contributed by atoms with van der Waals surface area (Å²) < 4.78 is 13.6. The van der Waals surface area contributed by atoms with Gasteiger partial charge in [0, 0.05) is 18.6 Å². The highest BCUT2D eigenvalue weighted by molar-refractivity contribution is 5.17. The molecule has 20 heavy (non-hydrogen) atoms. The second kappa shape index (κ2) is 7.75. The fraction of sp³-hybridized carbons (Fsp3) is 0.647. The Bertz CT molecular complexity index is 408. The molecule has 2 nitrogen and oxygen atoms in total. The van der Waals surface area contributed by atoms with Crippen LogP contribution in [0.2, 0.25) is 0 Å². The van der Waals surface area contributed by atoms with E-state index in [2.05, 4.69) is 24.1 Å². The molecule has 3 heteroatoms. The zero-order valence-corrected chi connectivity index (χ0v) is 12.7. The molecule has 1 fully saturated rings. The van der Waals surface area contributed by atoms with Crippen LogP contribution in [-0.4, -0.2) is 36.6 Å². The van der Waals surface area contributed by atoms with Crippen LogP contribution in [0.4, 0.5) is 4.39 Å². The van der Waals surface area contributed by atoms with E-state index >= 15 is 0 Å². The summed E-state index contributed by atoms with van der Waals surface area (Å²) in [6.07, 6.45) is 4.36. The maximum atomic E-state index is 13.6. The van der Waals surface area contributed by atoms with Crippen molar-refractivity contribution in [1.82, 2.24) is 10.2 Å². The quantitative estimate of drug-likeness (QED) is 0.909. The summed E-state index contributed by atoms with van der Waals surface area (Å²) in [7, 11) is 0. The second-order valence-electron chi connectivity index (χ2n) is 5.93. The molecule has 0 bridgehead atoms. The van der Waals surface area contributed by atoms with Gasteiger partial charge in [0.2, 0.25) is 0 Å². The van der Waals surface area contributed by atoms with E-state index in [1.54, 1.807) is 12.1 Å². The number of benzene rings is 1. The van der Waals surface area contributed by atoms with Crippen molar-refractivity contribution in [3.05, 3.63) is 35.6 Å².